The fraction of sp³-hybridized carbons (Fsp3) is 0.857. The highest BCUT2D eigenvalue weighted by molar-refractivity contribution is 5.77. The monoisotopic (exact) mass is 159 g/mol. The third-order valence-corrected chi connectivity index (χ3v) is 1.70. The van der Waals surface area contributed by atoms with Gasteiger partial charge in [-0.05, 0) is 6.42 Å². The van der Waals surface area contributed by atoms with E-state index in [0.717, 1.165) is 6.42 Å². The Bertz CT molecular complexity index is 123. The Morgan fingerprint density at radius 1 is 1.45 bits per heavy atom. The first-order valence-corrected chi connectivity index (χ1v) is 3.86. The Morgan fingerprint density at radius 3 is 2.18 bits per heavy atom. The normalized spacial score (nSPS) is 12.7. The minimum Gasteiger partial charge on any atom is -0.272 e. The number of hydrogen-bond donors (Lipinski definition) is 2. The summed E-state index contributed by atoms with van der Waals surface area (Å²) < 4.78 is 0. The minimum absolute atomic E-state index is 0.0647. The van der Waals surface area contributed by atoms with Gasteiger partial charge in [-0.15, -0.1) is 0 Å². The van der Waals surface area contributed by atoms with E-state index in [4.69, 9.17) is 0 Å². The molecule has 0 aromatic carbocycles. The molecule has 0 bridgehead atoms. The van der Waals surface area contributed by atoms with Gasteiger partial charge >= 0.3 is 0 Å². The van der Waals surface area contributed by atoms with Gasteiger partial charge in [0.05, 0.1) is 0 Å². The molecule has 0 aliphatic rings. The van der Waals surface area contributed by atoms with Gasteiger partial charge in [0.1, 0.15) is 0 Å². The van der Waals surface area contributed by atoms with Crippen LogP contribution in [0.25, 0.3) is 0 Å². The molecule has 0 aromatic rings. The summed E-state index contributed by atoms with van der Waals surface area (Å²) in [5, 5.41) is 1.38. The second kappa shape index (κ2) is 5.09. The largest absolute Gasteiger partial charge is 0.272 e. The molecule has 11 heavy (non-hydrogen) atoms. The average Bonchev–Trinajstić information content (AvgIpc) is 2.05. The third-order valence-electron chi connectivity index (χ3n) is 1.70. The van der Waals surface area contributed by atoms with Crippen LogP contribution in [0.15, 0.2) is 0 Å². The fourth-order valence-corrected chi connectivity index (χ4v) is 0.727. The summed E-state index contributed by atoms with van der Waals surface area (Å²) in [5.41, 5.74) is 5.48. The molecule has 4 nitrogen and oxygen atoms in total. The summed E-state index contributed by atoms with van der Waals surface area (Å²) in [4.78, 5) is 11.3. The van der Waals surface area contributed by atoms with E-state index in [1.807, 2.05) is 13.8 Å². The van der Waals surface area contributed by atoms with Crippen LogP contribution in [-0.4, -0.2) is 25.1 Å². The van der Waals surface area contributed by atoms with Crippen molar-refractivity contribution in [2.45, 2.75) is 20.3 Å². The van der Waals surface area contributed by atoms with Crippen molar-refractivity contribution < 1.29 is 4.79 Å². The van der Waals surface area contributed by atoms with Crippen molar-refractivity contribution in [1.82, 2.24) is 16.0 Å². The Morgan fingerprint density at radius 2 is 1.91 bits per heavy atom. The SMILES string of the molecule is CCC(C)C(=O)N(NC)NC. The summed E-state index contributed by atoms with van der Waals surface area (Å²) in [6.45, 7) is 3.90. The van der Waals surface area contributed by atoms with Gasteiger partial charge in [0.15, 0.2) is 0 Å². The van der Waals surface area contributed by atoms with Crippen molar-refractivity contribution in [3.63, 3.8) is 0 Å². The molecule has 0 fully saturated rings. The molecule has 1 amide bonds. The van der Waals surface area contributed by atoms with Crippen LogP contribution in [0.5, 0.6) is 0 Å². The molecule has 1 unspecified atom stereocenters. The highest BCUT2D eigenvalue weighted by Gasteiger charge is 2.15. The maximum Gasteiger partial charge on any atom is 0.254 e. The minimum atomic E-state index is 0.0647. The number of hydrazine groups is 2. The highest BCUT2D eigenvalue weighted by atomic mass is 16.2. The predicted octanol–water partition coefficient (Wildman–Crippen LogP) is 0.130. The number of nitrogens with zero attached hydrogens (tertiary/aromatic N) is 1. The lowest BCUT2D eigenvalue weighted by Gasteiger charge is -2.22. The Labute approximate surface area is 67.9 Å². The number of amides is 1. The molecule has 66 valence electrons. The van der Waals surface area contributed by atoms with Crippen molar-refractivity contribution >= 4 is 5.91 Å². The van der Waals surface area contributed by atoms with Crippen LogP contribution in [0.1, 0.15) is 20.3 Å². The van der Waals surface area contributed by atoms with Crippen LogP contribution >= 0.6 is 0 Å². The zero-order chi connectivity index (χ0) is 8.85. The first-order valence-electron chi connectivity index (χ1n) is 3.86. The van der Waals surface area contributed by atoms with Crippen LogP contribution in [-0.2, 0) is 4.79 Å². The molecule has 1 atom stereocenters. The maximum absolute atomic E-state index is 11.3. The summed E-state index contributed by atoms with van der Waals surface area (Å²) in [5.74, 6) is 0.132. The van der Waals surface area contributed by atoms with Crippen LogP contribution in [0.2, 0.25) is 0 Å². The summed E-state index contributed by atoms with van der Waals surface area (Å²) >= 11 is 0. The molecule has 0 aliphatic heterocycles. The summed E-state index contributed by atoms with van der Waals surface area (Å²) in [6, 6.07) is 0. The van der Waals surface area contributed by atoms with Gasteiger partial charge in [0.2, 0.25) is 0 Å². The Hall–Kier alpha value is -0.610. The topological polar surface area (TPSA) is 44.4 Å². The highest BCUT2D eigenvalue weighted by Crippen LogP contribution is 2.02. The van der Waals surface area contributed by atoms with Gasteiger partial charge in [0.25, 0.3) is 5.91 Å². The molecule has 0 aliphatic carbocycles. The molecule has 0 spiro atoms. The van der Waals surface area contributed by atoms with Crippen molar-refractivity contribution in [1.29, 1.82) is 0 Å². The van der Waals surface area contributed by atoms with E-state index in [-0.39, 0.29) is 11.8 Å². The van der Waals surface area contributed by atoms with Crippen molar-refractivity contribution in [3.05, 3.63) is 0 Å². The molecular weight excluding hydrogens is 142 g/mol. The van der Waals surface area contributed by atoms with Gasteiger partial charge in [-0.3, -0.25) is 4.79 Å². The van der Waals surface area contributed by atoms with Gasteiger partial charge < -0.3 is 0 Å². The van der Waals surface area contributed by atoms with Crippen LogP contribution in [0.4, 0.5) is 0 Å². The zero-order valence-corrected chi connectivity index (χ0v) is 7.64. The van der Waals surface area contributed by atoms with E-state index < -0.39 is 0 Å². The van der Waals surface area contributed by atoms with Gasteiger partial charge in [-0.1, -0.05) is 13.8 Å². The van der Waals surface area contributed by atoms with Crippen LogP contribution in [0, 0.1) is 5.92 Å². The lowest BCUT2D eigenvalue weighted by atomic mass is 10.1. The first kappa shape index (κ1) is 10.4. The predicted molar refractivity (Wildman–Crippen MR) is 44.4 cm³/mol. The smallest absolute Gasteiger partial charge is 0.254 e. The van der Waals surface area contributed by atoms with Crippen molar-refractivity contribution in [2.24, 2.45) is 5.92 Å². The molecule has 0 heterocycles. The zero-order valence-electron chi connectivity index (χ0n) is 7.64. The van der Waals surface area contributed by atoms with E-state index in [1.54, 1.807) is 14.1 Å². The van der Waals surface area contributed by atoms with Crippen LogP contribution < -0.4 is 10.9 Å². The standard InChI is InChI=1S/C7H17N3O/c1-5-6(2)7(11)10(8-3)9-4/h6,8-9H,5H2,1-4H3. The quantitative estimate of drug-likeness (QED) is 0.573. The lowest BCUT2D eigenvalue weighted by Crippen LogP contribution is -2.50. The average molecular weight is 159 g/mol. The number of rotatable bonds is 4. The number of hydrogen-bond acceptors (Lipinski definition) is 3. The second-order valence-corrected chi connectivity index (χ2v) is 2.43. The fourth-order valence-electron chi connectivity index (χ4n) is 0.727. The molecule has 0 rings (SSSR count). The van der Waals surface area contributed by atoms with E-state index >= 15 is 0 Å². The lowest BCUT2D eigenvalue weighted by molar-refractivity contribution is -0.141. The first-order chi connectivity index (χ1) is 5.17. The molecular formula is C7H17N3O. The molecule has 0 aromatic heterocycles. The summed E-state index contributed by atoms with van der Waals surface area (Å²) in [7, 11) is 3.41. The number of carbonyl (C=O) groups excluding carboxylic acids is 1. The van der Waals surface area contributed by atoms with Crippen LogP contribution in [0.3, 0.4) is 0 Å². The van der Waals surface area contributed by atoms with E-state index in [2.05, 4.69) is 10.9 Å². The molecule has 0 saturated carbocycles. The van der Waals surface area contributed by atoms with Gasteiger partial charge in [-0.25, -0.2) is 16.0 Å². The van der Waals surface area contributed by atoms with E-state index in [1.165, 1.54) is 5.12 Å². The van der Waals surface area contributed by atoms with Gasteiger partial charge in [0, 0.05) is 20.0 Å². The number of carbonyl (C=O) groups is 1. The molecule has 0 radical (unpaired) electrons. The molecule has 0 saturated heterocycles. The Kier molecular flexibility index (Phi) is 4.81. The number of nitrogens with one attached hydrogen (secondary N) is 2. The van der Waals surface area contributed by atoms with E-state index in [0.29, 0.717) is 0 Å². The third kappa shape index (κ3) is 2.86. The second-order valence-electron chi connectivity index (χ2n) is 2.43. The molecule has 4 heteroatoms. The van der Waals surface area contributed by atoms with E-state index in [9.17, 15) is 4.79 Å². The van der Waals surface area contributed by atoms with Crippen molar-refractivity contribution in [2.75, 3.05) is 14.1 Å². The maximum atomic E-state index is 11.3. The van der Waals surface area contributed by atoms with Crippen molar-refractivity contribution in [3.8, 4) is 0 Å². The summed E-state index contributed by atoms with van der Waals surface area (Å²) in [6.07, 6.45) is 0.860. The van der Waals surface area contributed by atoms with Gasteiger partial charge in [-0.2, -0.15) is 0 Å². The molecule has 2 N–H and O–H groups in total. The Balaban J connectivity index is 3.97.